The number of aromatic nitrogens is 1. The molecule has 45 heteroatoms. The molecule has 1 fully saturated rings. The van der Waals surface area contributed by atoms with E-state index in [1.807, 2.05) is 45.0 Å². The van der Waals surface area contributed by atoms with Crippen molar-refractivity contribution in [2.24, 2.45) is 17.8 Å². The van der Waals surface area contributed by atoms with Crippen LogP contribution in [0.15, 0.2) is 53.9 Å². The first-order valence-electron chi connectivity index (χ1n) is 39.7. The Balaban J connectivity index is 1.29. The van der Waals surface area contributed by atoms with Crippen LogP contribution in [0.25, 0.3) is 0 Å². The summed E-state index contributed by atoms with van der Waals surface area (Å²) in [6.45, 7) is 11.9. The summed E-state index contributed by atoms with van der Waals surface area (Å²) in [5, 5.41) is 90.2. The van der Waals surface area contributed by atoms with Crippen LogP contribution < -0.4 is 58.7 Å². The number of aliphatic carboxylic acids is 6. The number of benzene rings is 2. The molecule has 18 N–H and O–H groups in total. The summed E-state index contributed by atoms with van der Waals surface area (Å²) in [4.78, 5) is 238. The molecule has 0 spiro atoms. The number of carboxylic acids is 6. The van der Waals surface area contributed by atoms with Gasteiger partial charge in [0.15, 0.2) is 12.8 Å². The number of carbonyl (C=O) groups is 18. The Labute approximate surface area is 720 Å². The maximum absolute atomic E-state index is 15.0. The van der Waals surface area contributed by atoms with Crippen LogP contribution in [0.4, 0.5) is 14.4 Å². The molecule has 0 radical (unpaired) electrons. The topological polar surface area (TPSA) is 628 Å². The SMILES string of the molecule is CCCC(=O)OCN(C(=O)[C@@H](NC(=O)[C@H]1CCCCN1C)C(C)CC)[C@H](C[C@@H](OC(C)=O)c1nc(C(=O)NC(Cc2ccc(O)cc2)C[C@H](C)C(=O)NNC(=O)OCCSSC[C@H](NC(=O)[C@H](CC(=O)O)NC(=O)[C@H](CC(=O)O)NC(=O)Cc2ccc(CNC(=O)NCCCC[C@H](NC(=O)N[C@@H](CCC(=O)O)C(=O)O)C(=O)O)cc2)C(=O)O)cs1)C(C)C. The van der Waals surface area contributed by atoms with Gasteiger partial charge in [-0.25, -0.2) is 39.2 Å². The van der Waals surface area contributed by atoms with Crippen molar-refractivity contribution in [2.75, 3.05) is 45.0 Å². The summed E-state index contributed by atoms with van der Waals surface area (Å²) in [7, 11) is 3.70. The summed E-state index contributed by atoms with van der Waals surface area (Å²) in [6, 6.07) is -1.38. The second kappa shape index (κ2) is 54.0. The molecule has 680 valence electrons. The summed E-state index contributed by atoms with van der Waals surface area (Å²) in [6.07, 6.45) is -2.14. The summed E-state index contributed by atoms with van der Waals surface area (Å²) in [5.74, 6) is -18.2. The molecule has 2 unspecified atom stereocenters. The Morgan fingerprint density at radius 1 is 0.634 bits per heavy atom. The van der Waals surface area contributed by atoms with Crippen molar-refractivity contribution in [3.05, 3.63) is 81.3 Å². The molecule has 3 aromatic rings. The molecule has 123 heavy (non-hydrogen) atoms. The van der Waals surface area contributed by atoms with Crippen LogP contribution in [0.5, 0.6) is 5.75 Å². The summed E-state index contributed by atoms with van der Waals surface area (Å²) < 4.78 is 16.7. The Bertz CT molecular complexity index is 4110. The highest BCUT2D eigenvalue weighted by Gasteiger charge is 2.41. The first kappa shape index (κ1) is 104. The third-order valence-electron chi connectivity index (χ3n) is 19.3. The van der Waals surface area contributed by atoms with Gasteiger partial charge in [-0.2, -0.15) is 0 Å². The maximum Gasteiger partial charge on any atom is 0.426 e. The third-order valence-corrected chi connectivity index (χ3v) is 22.6. The van der Waals surface area contributed by atoms with E-state index in [0.29, 0.717) is 42.5 Å². The number of piperidine rings is 1. The van der Waals surface area contributed by atoms with Crippen molar-refractivity contribution in [2.45, 2.75) is 225 Å². The average Bonchev–Trinajstić information content (AvgIpc) is 1.60. The van der Waals surface area contributed by atoms with Crippen LogP contribution in [0.2, 0.25) is 0 Å². The Kier molecular flexibility index (Phi) is 45.6. The van der Waals surface area contributed by atoms with Gasteiger partial charge in [-0.05, 0) is 112 Å². The number of nitrogens with zero attached hydrogens (tertiary/aromatic N) is 3. The molecule has 12 atom stereocenters. The number of phenolic OH excluding ortho intramolecular Hbond substituents is 1. The number of rotatable bonds is 54. The quantitative estimate of drug-likeness (QED) is 0.00962. The number of ether oxygens (including phenoxy) is 3. The lowest BCUT2D eigenvalue weighted by atomic mass is 9.92. The molecule has 1 aromatic heterocycles. The second-order valence-corrected chi connectivity index (χ2v) is 33.0. The van der Waals surface area contributed by atoms with Gasteiger partial charge in [0.05, 0.1) is 25.3 Å². The van der Waals surface area contributed by atoms with Crippen molar-refractivity contribution in [3.8, 4) is 5.75 Å². The van der Waals surface area contributed by atoms with Gasteiger partial charge in [0.2, 0.25) is 35.4 Å². The number of nitrogens with one attached hydrogen (secondary N) is 11. The number of hydrogen-bond acceptors (Lipinski definition) is 27. The van der Waals surface area contributed by atoms with E-state index < -0.39 is 207 Å². The molecular weight excluding hydrogens is 1680 g/mol. The fourth-order valence-corrected chi connectivity index (χ4v) is 15.3. The lowest BCUT2D eigenvalue weighted by Gasteiger charge is -2.39. The summed E-state index contributed by atoms with van der Waals surface area (Å²) in [5.41, 5.74) is 5.82. The number of likely N-dealkylation sites (N-methyl/N-ethyl adjacent to an activating group) is 1. The molecule has 1 saturated heterocycles. The van der Waals surface area contributed by atoms with E-state index in [1.54, 1.807) is 19.1 Å². The molecule has 1 aliphatic rings. The first-order chi connectivity index (χ1) is 58.2. The van der Waals surface area contributed by atoms with Gasteiger partial charge in [-0.1, -0.05) is 112 Å². The maximum atomic E-state index is 15.0. The minimum absolute atomic E-state index is 0.00261. The van der Waals surface area contributed by atoms with Gasteiger partial charge < -0.3 is 103 Å². The van der Waals surface area contributed by atoms with E-state index in [1.165, 1.54) is 60.5 Å². The highest BCUT2D eigenvalue weighted by Crippen LogP contribution is 2.33. The van der Waals surface area contributed by atoms with Gasteiger partial charge in [-0.15, -0.1) is 11.3 Å². The second-order valence-electron chi connectivity index (χ2n) is 29.5. The van der Waals surface area contributed by atoms with Crippen LogP contribution >= 0.6 is 32.9 Å². The lowest BCUT2D eigenvalue weighted by Crippen LogP contribution is -2.59. The number of aromatic hydroxyl groups is 1. The van der Waals surface area contributed by atoms with Crippen molar-refractivity contribution in [1.82, 2.24) is 73.5 Å². The molecule has 2 heterocycles. The van der Waals surface area contributed by atoms with Crippen molar-refractivity contribution in [1.29, 1.82) is 0 Å². The number of hydrazine groups is 1. The fraction of sp³-hybridized carbons (Fsp3) is 0.577. The number of thiazole rings is 1. The number of hydrogen-bond donors (Lipinski definition) is 18. The van der Waals surface area contributed by atoms with E-state index in [4.69, 9.17) is 19.3 Å². The van der Waals surface area contributed by atoms with E-state index in [2.05, 4.69) is 58.4 Å². The van der Waals surface area contributed by atoms with Crippen LogP contribution in [0.1, 0.15) is 183 Å². The van der Waals surface area contributed by atoms with Gasteiger partial charge in [0.25, 0.3) is 5.91 Å². The lowest BCUT2D eigenvalue weighted by molar-refractivity contribution is -0.161. The zero-order chi connectivity index (χ0) is 91.6. The number of phenols is 1. The summed E-state index contributed by atoms with van der Waals surface area (Å²) >= 11 is 1.000. The van der Waals surface area contributed by atoms with E-state index in [0.717, 1.165) is 45.8 Å². The Morgan fingerprint density at radius 3 is 1.83 bits per heavy atom. The van der Waals surface area contributed by atoms with Gasteiger partial charge >= 0.3 is 65.9 Å². The van der Waals surface area contributed by atoms with Gasteiger partial charge in [0, 0.05) is 74.2 Å². The molecule has 0 saturated carbocycles. The van der Waals surface area contributed by atoms with Gasteiger partial charge in [-0.3, -0.25) is 67.9 Å². The molecule has 2 aromatic carbocycles. The van der Waals surface area contributed by atoms with Crippen molar-refractivity contribution < 1.29 is 136 Å². The van der Waals surface area contributed by atoms with E-state index in [9.17, 15) is 112 Å². The molecule has 12 amide bonds. The third kappa shape index (κ3) is 39.0. The number of esters is 2. The smallest absolute Gasteiger partial charge is 0.426 e. The largest absolute Gasteiger partial charge is 0.508 e. The zero-order valence-electron chi connectivity index (χ0n) is 69.4. The number of urea groups is 2. The predicted octanol–water partition coefficient (Wildman–Crippen LogP) is 3.29. The van der Waals surface area contributed by atoms with Crippen molar-refractivity contribution in [3.63, 3.8) is 0 Å². The van der Waals surface area contributed by atoms with Crippen molar-refractivity contribution >= 4 is 140 Å². The Morgan fingerprint density at radius 2 is 1.24 bits per heavy atom. The molecule has 1 aliphatic heterocycles. The predicted molar refractivity (Wildman–Crippen MR) is 442 cm³/mol. The van der Waals surface area contributed by atoms with Crippen LogP contribution in [-0.4, -0.2) is 257 Å². The van der Waals surface area contributed by atoms with Crippen LogP contribution in [0.3, 0.4) is 0 Å². The minimum Gasteiger partial charge on any atom is -0.508 e. The fourth-order valence-electron chi connectivity index (χ4n) is 12.4. The zero-order valence-corrected chi connectivity index (χ0v) is 71.9. The number of likely N-dealkylation sites (tertiary alicyclic amines) is 1. The van der Waals surface area contributed by atoms with Crippen LogP contribution in [0, 0.1) is 17.8 Å². The number of amides is 12. The Hall–Kier alpha value is -11.6. The molecular formula is C78H112N14O28S3. The van der Waals surface area contributed by atoms with E-state index in [-0.39, 0.29) is 110 Å². The average molecular weight is 1790 g/mol. The standard InChI is InChI=1S/C78H112N14O28S3/c1-9-15-64(102)119-41-92(72(108)65(43(5)10-2)88-70(107)57-17-12-14-29-91(57)8)58(42(3)4)37-59(120-45(7)93)71-85-55(39-121-71)69(106)81-49(33-46-22-24-50(94)25-23-46)32-44(6)66(103)89-90-78(117)118-30-31-122-123-40-56(75(113)114)84-68(105)54(36-63(100)101)83-67(104)53(35-62(98)99)82-60(95)34-47-18-20-48(21-19-47)38-80-76(115)79-28-13-11-16-51(73(109)110)86-77(116)87-52(74(111)112)26-27-61(96)97/h18-25,39,42-44,49,51-54,56-59,65,94H,9-17,26-38,40-41H2,1-8H3,(H,81,106)(H,82,95)(H,83,104)(H,84,105)(H,88,107)(H,89,103)(H,90,117)(H,96,97)(H,98,99)(H,100,101)(H,109,110)(H,111,112)(H,113,114)(H2,79,80,115)(H2,86,87,116)/t43?,44-,49?,51-,52-,53-,54-,56-,57+,58+,59+,65-/m0/s1. The number of carbonyl (C=O) groups excluding carboxylic acids is 12. The van der Waals surface area contributed by atoms with Crippen LogP contribution in [-0.2, 0) is 101 Å². The molecule has 4 rings (SSSR count). The highest BCUT2D eigenvalue weighted by molar-refractivity contribution is 8.76. The normalized spacial score (nSPS) is 15.2. The van der Waals surface area contributed by atoms with E-state index >= 15 is 4.79 Å². The molecule has 42 nitrogen and oxygen atoms in total. The minimum atomic E-state index is -2.00. The number of unbranched alkanes of at least 4 members (excludes halogenated alkanes) is 1. The first-order valence-corrected chi connectivity index (χ1v) is 43.1. The molecule has 0 aliphatic carbocycles. The molecule has 0 bridgehead atoms. The number of carboxylic acid groups (broad SMARTS) is 6. The van der Waals surface area contributed by atoms with Gasteiger partial charge in [0.1, 0.15) is 59.3 Å². The monoisotopic (exact) mass is 1790 g/mol. The highest BCUT2D eigenvalue weighted by atomic mass is 33.1.